The Morgan fingerprint density at radius 3 is 2.49 bits per heavy atom. The molecule has 0 amide bonds. The first-order chi connectivity index (χ1) is 16.3. The zero-order chi connectivity index (χ0) is 26.2. The van der Waals surface area contributed by atoms with Crippen molar-refractivity contribution in [1.29, 1.82) is 0 Å². The monoisotopic (exact) mass is 492 g/mol. The van der Waals surface area contributed by atoms with Gasteiger partial charge in [-0.1, -0.05) is 30.4 Å². The molecule has 0 aromatic carbocycles. The fraction of sp³-hybridized carbons (Fsp3) is 0.520. The number of ether oxygens (including phenoxy) is 4. The van der Waals surface area contributed by atoms with Crippen LogP contribution < -0.4 is 10.4 Å². The second-order valence-electron chi connectivity index (χ2n) is 9.03. The third-order valence-electron chi connectivity index (χ3n) is 6.54. The molecule has 0 saturated carbocycles. The van der Waals surface area contributed by atoms with Crippen LogP contribution in [0.5, 0.6) is 5.75 Å². The number of aliphatic hydroxyl groups excluding tert-OH is 2. The van der Waals surface area contributed by atoms with Gasteiger partial charge in [0.1, 0.15) is 35.4 Å². The van der Waals surface area contributed by atoms with Crippen LogP contribution in [0.1, 0.15) is 39.0 Å². The molecule has 1 aromatic heterocycles. The minimum absolute atomic E-state index is 0.359. The number of fused-ring (bicyclic) bond motifs is 2. The molecule has 2 bridgehead atoms. The fourth-order valence-electron chi connectivity index (χ4n) is 4.67. The van der Waals surface area contributed by atoms with E-state index in [0.29, 0.717) is 17.1 Å². The molecule has 2 fully saturated rings. The molecule has 2 aliphatic rings. The summed E-state index contributed by atoms with van der Waals surface area (Å²) in [5.74, 6) is -2.09. The summed E-state index contributed by atoms with van der Waals surface area (Å²) in [4.78, 5) is 23.3. The molecule has 0 aliphatic carbocycles. The quantitative estimate of drug-likeness (QED) is 0.377. The molecule has 0 radical (unpaired) electrons. The largest absolute Gasteiger partial charge is 0.496 e. The standard InChI is InChI=1S/C25H32O10/c1-14-17(33-20(28)13-19(14)31-6)11-9-7-8-10-12-18-21(29)23(4)22(32-16(3)27)24(5,34-18)25(30,35-23)15(2)26/h7-13,15,18,21-22,26,29-30H,1-6H3. The minimum atomic E-state index is -2.23. The number of rotatable bonds is 7. The highest BCUT2D eigenvalue weighted by atomic mass is 16.7. The Kier molecular flexibility index (Phi) is 7.45. The van der Waals surface area contributed by atoms with Crippen LogP contribution >= 0.6 is 0 Å². The molecular formula is C25H32O10. The van der Waals surface area contributed by atoms with Crippen molar-refractivity contribution in [2.24, 2.45) is 0 Å². The molecule has 0 spiro atoms. The van der Waals surface area contributed by atoms with Crippen LogP contribution in [0.3, 0.4) is 0 Å². The molecule has 10 nitrogen and oxygen atoms in total. The number of esters is 1. The van der Waals surface area contributed by atoms with Gasteiger partial charge in [-0.25, -0.2) is 4.79 Å². The third kappa shape index (κ3) is 4.60. The maximum atomic E-state index is 11.7. The maximum absolute atomic E-state index is 11.7. The summed E-state index contributed by atoms with van der Waals surface area (Å²) < 4.78 is 27.5. The number of hydrogen-bond donors (Lipinski definition) is 3. The summed E-state index contributed by atoms with van der Waals surface area (Å²) in [6.07, 6.45) is 4.91. The minimum Gasteiger partial charge on any atom is -0.496 e. The highest BCUT2D eigenvalue weighted by molar-refractivity contribution is 5.66. The summed E-state index contributed by atoms with van der Waals surface area (Å²) in [5.41, 5.74) is -3.07. The van der Waals surface area contributed by atoms with Crippen molar-refractivity contribution in [1.82, 2.24) is 0 Å². The van der Waals surface area contributed by atoms with E-state index in [9.17, 15) is 24.9 Å². The molecule has 7 unspecified atom stereocenters. The number of allylic oxidation sites excluding steroid dienone is 4. The third-order valence-corrected chi connectivity index (χ3v) is 6.54. The van der Waals surface area contributed by atoms with Crippen molar-refractivity contribution in [3.63, 3.8) is 0 Å². The van der Waals surface area contributed by atoms with Gasteiger partial charge in [0.05, 0.1) is 13.2 Å². The van der Waals surface area contributed by atoms with E-state index < -0.39 is 53.0 Å². The van der Waals surface area contributed by atoms with E-state index in [1.165, 1.54) is 40.9 Å². The van der Waals surface area contributed by atoms with Crippen molar-refractivity contribution in [3.05, 3.63) is 58.2 Å². The maximum Gasteiger partial charge on any atom is 0.339 e. The SMILES string of the molecule is COc1cc(=O)oc(C=CC=CC=CC2OC3(C)C(OC(C)=O)C(C)(OC3(O)C(C)O)C2O)c1C. The Morgan fingerprint density at radius 1 is 1.23 bits per heavy atom. The van der Waals surface area contributed by atoms with Crippen LogP contribution in [0.25, 0.3) is 6.08 Å². The number of carbonyl (C=O) groups excluding carboxylic acids is 1. The van der Waals surface area contributed by atoms with Crippen molar-refractivity contribution < 1.29 is 43.5 Å². The topological polar surface area (TPSA) is 145 Å². The van der Waals surface area contributed by atoms with Crippen molar-refractivity contribution in [3.8, 4) is 5.75 Å². The number of hydrogen-bond acceptors (Lipinski definition) is 10. The van der Waals surface area contributed by atoms with Crippen molar-refractivity contribution in [2.45, 2.75) is 76.0 Å². The Balaban J connectivity index is 1.80. The van der Waals surface area contributed by atoms with Crippen LogP contribution in [-0.2, 0) is 19.0 Å². The summed E-state index contributed by atoms with van der Waals surface area (Å²) in [5, 5.41) is 32.4. The van der Waals surface area contributed by atoms with Gasteiger partial charge in [-0.2, -0.15) is 0 Å². The predicted molar refractivity (Wildman–Crippen MR) is 125 cm³/mol. The van der Waals surface area contributed by atoms with E-state index in [0.717, 1.165) is 0 Å². The molecule has 7 atom stereocenters. The molecule has 2 aliphatic heterocycles. The first-order valence-electron chi connectivity index (χ1n) is 11.1. The molecule has 10 heteroatoms. The smallest absolute Gasteiger partial charge is 0.339 e. The zero-order valence-electron chi connectivity index (χ0n) is 20.6. The number of carbonyl (C=O) groups is 1. The average Bonchev–Trinajstić information content (AvgIpc) is 2.91. The van der Waals surface area contributed by atoms with Gasteiger partial charge in [0, 0.05) is 12.5 Å². The lowest BCUT2D eigenvalue weighted by molar-refractivity contribution is -0.309. The van der Waals surface area contributed by atoms with E-state index in [1.807, 2.05) is 0 Å². The first kappa shape index (κ1) is 26.8. The van der Waals surface area contributed by atoms with E-state index >= 15 is 0 Å². The van der Waals surface area contributed by atoms with Gasteiger partial charge in [-0.05, 0) is 33.8 Å². The van der Waals surface area contributed by atoms with Crippen molar-refractivity contribution >= 4 is 12.0 Å². The zero-order valence-corrected chi connectivity index (χ0v) is 20.6. The van der Waals surface area contributed by atoms with Gasteiger partial charge in [0.2, 0.25) is 5.79 Å². The molecule has 3 heterocycles. The summed E-state index contributed by atoms with van der Waals surface area (Å²) in [6.45, 7) is 7.25. The molecule has 35 heavy (non-hydrogen) atoms. The normalized spacial score (nSPS) is 35.7. The highest BCUT2D eigenvalue weighted by Gasteiger charge is 2.77. The number of methoxy groups -OCH3 is 1. The van der Waals surface area contributed by atoms with Crippen molar-refractivity contribution in [2.75, 3.05) is 7.11 Å². The fourth-order valence-corrected chi connectivity index (χ4v) is 4.67. The molecule has 3 N–H and O–H groups in total. The Hall–Kier alpha value is -2.76. The van der Waals surface area contributed by atoms with Crippen LogP contribution in [0.15, 0.2) is 45.7 Å². The summed E-state index contributed by atoms with van der Waals surface area (Å²) >= 11 is 0. The first-order valence-corrected chi connectivity index (χ1v) is 11.1. The molecule has 192 valence electrons. The van der Waals surface area contributed by atoms with E-state index in [4.69, 9.17) is 23.4 Å². The molecule has 1 aromatic rings. The molecular weight excluding hydrogens is 460 g/mol. The Labute approximate surface area is 203 Å². The number of aliphatic hydroxyl groups is 3. The highest BCUT2D eigenvalue weighted by Crippen LogP contribution is 2.55. The van der Waals surface area contributed by atoms with Crippen LogP contribution in [0.4, 0.5) is 0 Å². The van der Waals surface area contributed by atoms with Gasteiger partial charge in [0.25, 0.3) is 0 Å². The summed E-state index contributed by atoms with van der Waals surface area (Å²) in [6, 6.07) is 1.27. The Bertz CT molecular complexity index is 1100. The lowest BCUT2D eigenvalue weighted by Crippen LogP contribution is -2.68. The van der Waals surface area contributed by atoms with Gasteiger partial charge in [0.15, 0.2) is 11.7 Å². The second-order valence-corrected chi connectivity index (χ2v) is 9.03. The van der Waals surface area contributed by atoms with Gasteiger partial charge < -0.3 is 38.7 Å². The van der Waals surface area contributed by atoms with E-state index in [-0.39, 0.29) is 0 Å². The molecule has 2 saturated heterocycles. The second kappa shape index (κ2) is 9.71. The van der Waals surface area contributed by atoms with Gasteiger partial charge in [-0.15, -0.1) is 0 Å². The van der Waals surface area contributed by atoms with E-state index in [2.05, 4.69) is 0 Å². The average molecular weight is 493 g/mol. The van der Waals surface area contributed by atoms with Crippen LogP contribution in [0.2, 0.25) is 0 Å². The van der Waals surface area contributed by atoms with Crippen LogP contribution in [0, 0.1) is 6.92 Å². The lowest BCUT2D eigenvalue weighted by atomic mass is 9.76. The molecule has 3 rings (SSSR count). The summed E-state index contributed by atoms with van der Waals surface area (Å²) in [7, 11) is 1.47. The van der Waals surface area contributed by atoms with E-state index in [1.54, 1.807) is 43.4 Å². The van der Waals surface area contributed by atoms with Crippen LogP contribution in [-0.4, -0.2) is 69.8 Å². The lowest BCUT2D eigenvalue weighted by Gasteiger charge is -2.47. The Morgan fingerprint density at radius 2 is 1.89 bits per heavy atom. The van der Waals surface area contributed by atoms with Gasteiger partial charge >= 0.3 is 11.6 Å². The predicted octanol–water partition coefficient (Wildman–Crippen LogP) is 1.39. The van der Waals surface area contributed by atoms with Gasteiger partial charge in [-0.3, -0.25) is 4.79 Å².